The number of hydrogen-bond donors (Lipinski definition) is 1. The van der Waals surface area contributed by atoms with Crippen molar-refractivity contribution >= 4 is 5.91 Å². The van der Waals surface area contributed by atoms with Crippen molar-refractivity contribution in [2.75, 3.05) is 20.1 Å². The molecule has 1 spiro atoms. The first-order chi connectivity index (χ1) is 6.27. The first kappa shape index (κ1) is 9.00. The van der Waals surface area contributed by atoms with Crippen LogP contribution in [0.25, 0.3) is 0 Å². The highest BCUT2D eigenvalue weighted by Gasteiger charge is 2.45. The van der Waals surface area contributed by atoms with Crippen molar-refractivity contribution in [3.63, 3.8) is 0 Å². The van der Waals surface area contributed by atoms with Crippen LogP contribution in [0.4, 0.5) is 0 Å². The first-order valence-corrected chi connectivity index (χ1v) is 5.22. The Morgan fingerprint density at radius 1 is 1.38 bits per heavy atom. The van der Waals surface area contributed by atoms with Gasteiger partial charge in [-0.15, -0.1) is 0 Å². The predicted molar refractivity (Wildman–Crippen MR) is 51.5 cm³/mol. The van der Waals surface area contributed by atoms with E-state index < -0.39 is 0 Å². The zero-order valence-electron chi connectivity index (χ0n) is 8.31. The second-order valence-corrected chi connectivity index (χ2v) is 4.28. The molecule has 1 amide bonds. The van der Waals surface area contributed by atoms with Crippen molar-refractivity contribution in [3.05, 3.63) is 0 Å². The maximum absolute atomic E-state index is 11.2. The molecule has 2 aliphatic rings. The van der Waals surface area contributed by atoms with Crippen LogP contribution in [0, 0.1) is 0 Å². The number of nitrogens with one attached hydrogen (secondary N) is 1. The molecule has 13 heavy (non-hydrogen) atoms. The molecule has 0 bridgehead atoms. The molecule has 0 aromatic rings. The lowest BCUT2D eigenvalue weighted by molar-refractivity contribution is -0.123. The Kier molecular flexibility index (Phi) is 2.28. The molecule has 2 rings (SSSR count). The summed E-state index contributed by atoms with van der Waals surface area (Å²) in [4.78, 5) is 13.6. The van der Waals surface area contributed by atoms with Gasteiger partial charge in [-0.05, 0) is 38.6 Å². The molecule has 1 aliphatic carbocycles. The van der Waals surface area contributed by atoms with E-state index in [9.17, 15) is 4.79 Å². The van der Waals surface area contributed by atoms with Crippen LogP contribution in [-0.2, 0) is 4.79 Å². The van der Waals surface area contributed by atoms with Gasteiger partial charge in [-0.3, -0.25) is 9.69 Å². The third kappa shape index (κ3) is 1.46. The molecule has 0 radical (unpaired) electrons. The number of likely N-dealkylation sites (N-methyl/N-ethyl adjacent to an activating group) is 1. The van der Waals surface area contributed by atoms with E-state index in [-0.39, 0.29) is 5.91 Å². The molecule has 0 atom stereocenters. The van der Waals surface area contributed by atoms with E-state index in [2.05, 4.69) is 10.2 Å². The van der Waals surface area contributed by atoms with Crippen LogP contribution in [0.2, 0.25) is 0 Å². The summed E-state index contributed by atoms with van der Waals surface area (Å²) >= 11 is 0. The Bertz CT molecular complexity index is 211. The van der Waals surface area contributed by atoms with E-state index in [4.69, 9.17) is 0 Å². The molecule has 74 valence electrons. The number of hydrogen-bond acceptors (Lipinski definition) is 2. The molecule has 1 N–H and O–H groups in total. The molecule has 0 aromatic heterocycles. The summed E-state index contributed by atoms with van der Waals surface area (Å²) in [6.07, 6.45) is 6.55. The average molecular weight is 182 g/mol. The average Bonchev–Trinajstić information content (AvgIpc) is 2.47. The van der Waals surface area contributed by atoms with Gasteiger partial charge in [0.2, 0.25) is 5.91 Å². The van der Waals surface area contributed by atoms with Crippen LogP contribution in [-0.4, -0.2) is 36.5 Å². The van der Waals surface area contributed by atoms with Crippen molar-refractivity contribution in [1.82, 2.24) is 10.2 Å². The highest BCUT2D eigenvalue weighted by Crippen LogP contribution is 2.44. The molecule has 1 saturated carbocycles. The van der Waals surface area contributed by atoms with E-state index in [0.717, 1.165) is 6.54 Å². The normalized spacial score (nSPS) is 25.9. The van der Waals surface area contributed by atoms with Crippen molar-refractivity contribution < 1.29 is 4.79 Å². The Morgan fingerprint density at radius 2 is 2.08 bits per heavy atom. The molecule has 1 saturated heterocycles. The minimum absolute atomic E-state index is 0.160. The molecule has 0 aromatic carbocycles. The van der Waals surface area contributed by atoms with Crippen LogP contribution in [0.5, 0.6) is 0 Å². The quantitative estimate of drug-likeness (QED) is 0.683. The Morgan fingerprint density at radius 3 is 2.62 bits per heavy atom. The lowest BCUT2D eigenvalue weighted by Crippen LogP contribution is -2.52. The summed E-state index contributed by atoms with van der Waals surface area (Å²) in [5.41, 5.74) is 0.437. The molecular formula is C10H18N2O. The summed E-state index contributed by atoms with van der Waals surface area (Å²) in [7, 11) is 1.71. The summed E-state index contributed by atoms with van der Waals surface area (Å²) in [6, 6.07) is 0. The van der Waals surface area contributed by atoms with Crippen molar-refractivity contribution in [1.29, 1.82) is 0 Å². The number of carbonyl (C=O) groups excluding carboxylic acids is 1. The fourth-order valence-corrected chi connectivity index (χ4v) is 2.64. The number of nitrogens with zero attached hydrogens (tertiary/aromatic N) is 1. The smallest absolute Gasteiger partial charge is 0.233 e. The summed E-state index contributed by atoms with van der Waals surface area (Å²) in [5.74, 6) is 0.160. The molecule has 1 aliphatic heterocycles. The SMILES string of the molecule is CNC(=O)CN1CCCC12CCC2. The van der Waals surface area contributed by atoms with Crippen LogP contribution in [0.1, 0.15) is 32.1 Å². The molecule has 1 heterocycles. The Balaban J connectivity index is 1.94. The molecule has 3 nitrogen and oxygen atoms in total. The number of likely N-dealkylation sites (tertiary alicyclic amines) is 1. The minimum atomic E-state index is 0.160. The maximum atomic E-state index is 11.2. The molecule has 3 heteroatoms. The lowest BCUT2D eigenvalue weighted by Gasteiger charge is -2.45. The summed E-state index contributed by atoms with van der Waals surface area (Å²) < 4.78 is 0. The maximum Gasteiger partial charge on any atom is 0.233 e. The van der Waals surface area contributed by atoms with Crippen molar-refractivity contribution in [2.45, 2.75) is 37.6 Å². The summed E-state index contributed by atoms with van der Waals surface area (Å²) in [5, 5.41) is 2.70. The standard InChI is InChI=1S/C10H18N2O/c1-11-9(13)8-12-7-3-6-10(12)4-2-5-10/h2-8H2,1H3,(H,11,13). The van der Waals surface area contributed by atoms with Gasteiger partial charge < -0.3 is 5.32 Å². The van der Waals surface area contributed by atoms with Gasteiger partial charge in [0.1, 0.15) is 0 Å². The fraction of sp³-hybridized carbons (Fsp3) is 0.900. The third-order valence-corrected chi connectivity index (χ3v) is 3.64. The zero-order valence-corrected chi connectivity index (χ0v) is 8.31. The fourth-order valence-electron chi connectivity index (χ4n) is 2.64. The van der Waals surface area contributed by atoms with Gasteiger partial charge >= 0.3 is 0 Å². The second kappa shape index (κ2) is 3.29. The lowest BCUT2D eigenvalue weighted by atomic mass is 9.75. The van der Waals surface area contributed by atoms with Crippen molar-refractivity contribution in [3.8, 4) is 0 Å². The van der Waals surface area contributed by atoms with E-state index in [1.807, 2.05) is 0 Å². The minimum Gasteiger partial charge on any atom is -0.358 e. The van der Waals surface area contributed by atoms with Crippen LogP contribution < -0.4 is 5.32 Å². The van der Waals surface area contributed by atoms with Gasteiger partial charge in [0.05, 0.1) is 6.54 Å². The highest BCUT2D eigenvalue weighted by molar-refractivity contribution is 5.77. The summed E-state index contributed by atoms with van der Waals surface area (Å²) in [6.45, 7) is 1.73. The largest absolute Gasteiger partial charge is 0.358 e. The van der Waals surface area contributed by atoms with Gasteiger partial charge in [-0.25, -0.2) is 0 Å². The number of amides is 1. The Labute approximate surface area is 79.5 Å². The third-order valence-electron chi connectivity index (χ3n) is 3.64. The van der Waals surface area contributed by atoms with Crippen LogP contribution in [0.15, 0.2) is 0 Å². The Hall–Kier alpha value is -0.570. The van der Waals surface area contributed by atoms with E-state index in [1.165, 1.54) is 32.1 Å². The van der Waals surface area contributed by atoms with Gasteiger partial charge in [-0.1, -0.05) is 0 Å². The van der Waals surface area contributed by atoms with Gasteiger partial charge in [0.15, 0.2) is 0 Å². The molecular weight excluding hydrogens is 164 g/mol. The highest BCUT2D eigenvalue weighted by atomic mass is 16.1. The topological polar surface area (TPSA) is 32.3 Å². The monoisotopic (exact) mass is 182 g/mol. The van der Waals surface area contributed by atoms with E-state index in [0.29, 0.717) is 12.1 Å². The van der Waals surface area contributed by atoms with Gasteiger partial charge in [-0.2, -0.15) is 0 Å². The molecule has 2 fully saturated rings. The van der Waals surface area contributed by atoms with E-state index in [1.54, 1.807) is 7.05 Å². The number of rotatable bonds is 2. The zero-order chi connectivity index (χ0) is 9.31. The predicted octanol–water partition coefficient (Wildman–Crippen LogP) is 0.751. The number of carbonyl (C=O) groups is 1. The van der Waals surface area contributed by atoms with Gasteiger partial charge in [0, 0.05) is 12.6 Å². The van der Waals surface area contributed by atoms with Gasteiger partial charge in [0.25, 0.3) is 0 Å². The van der Waals surface area contributed by atoms with Crippen molar-refractivity contribution in [2.24, 2.45) is 0 Å². The second-order valence-electron chi connectivity index (χ2n) is 4.28. The van der Waals surface area contributed by atoms with E-state index >= 15 is 0 Å². The molecule has 0 unspecified atom stereocenters. The van der Waals surface area contributed by atoms with Crippen LogP contribution in [0.3, 0.4) is 0 Å². The van der Waals surface area contributed by atoms with Crippen LogP contribution >= 0.6 is 0 Å². The first-order valence-electron chi connectivity index (χ1n) is 5.22.